The molecule has 1 fully saturated rings. The van der Waals surface area contributed by atoms with Crippen LogP contribution < -0.4 is 10.6 Å². The van der Waals surface area contributed by atoms with Crippen molar-refractivity contribution < 1.29 is 18.8 Å². The fraction of sp³-hybridized carbons (Fsp3) is 0.417. The van der Waals surface area contributed by atoms with Crippen molar-refractivity contribution in [1.29, 1.82) is 0 Å². The van der Waals surface area contributed by atoms with Crippen molar-refractivity contribution in [2.75, 3.05) is 18.4 Å². The van der Waals surface area contributed by atoms with E-state index >= 15 is 0 Å². The molecule has 0 radical (unpaired) electrons. The molecule has 0 atom stereocenters. The van der Waals surface area contributed by atoms with E-state index in [4.69, 9.17) is 14.0 Å². The lowest BCUT2D eigenvalue weighted by Crippen LogP contribution is -2.41. The summed E-state index contributed by atoms with van der Waals surface area (Å²) in [4.78, 5) is 16.8. The number of aromatic nitrogens is 1. The average molecular weight is 435 g/mol. The Morgan fingerprint density at radius 2 is 1.94 bits per heavy atom. The fourth-order valence-corrected chi connectivity index (χ4v) is 3.63. The molecular formula is C24H30BN3O4. The summed E-state index contributed by atoms with van der Waals surface area (Å²) in [7, 11) is -0.583. The van der Waals surface area contributed by atoms with Crippen LogP contribution in [-0.4, -0.2) is 42.5 Å². The monoisotopic (exact) mass is 435 g/mol. The molecule has 168 valence electrons. The second kappa shape index (κ2) is 8.96. The molecule has 8 heteroatoms. The molecule has 32 heavy (non-hydrogen) atoms. The van der Waals surface area contributed by atoms with Gasteiger partial charge in [0.25, 0.3) is 0 Å². The van der Waals surface area contributed by atoms with Crippen molar-refractivity contribution in [3.63, 3.8) is 0 Å². The number of fused-ring (bicyclic) bond motifs is 1. The molecule has 0 aliphatic carbocycles. The Balaban J connectivity index is 1.48. The number of carbonyl (C=O) groups excluding carboxylic acids is 1. The van der Waals surface area contributed by atoms with Gasteiger partial charge in [0.2, 0.25) is 0 Å². The first-order valence-electron chi connectivity index (χ1n) is 11.0. The van der Waals surface area contributed by atoms with Gasteiger partial charge in [0.15, 0.2) is 0 Å². The Hall–Kier alpha value is -2.84. The summed E-state index contributed by atoms with van der Waals surface area (Å²) < 4.78 is 17.8. The van der Waals surface area contributed by atoms with Crippen LogP contribution in [0.2, 0.25) is 0 Å². The summed E-state index contributed by atoms with van der Waals surface area (Å²) >= 11 is 0. The first-order chi connectivity index (χ1) is 15.2. The fourth-order valence-electron chi connectivity index (χ4n) is 3.63. The van der Waals surface area contributed by atoms with Crippen LogP contribution in [0.4, 0.5) is 10.6 Å². The molecule has 3 heterocycles. The summed E-state index contributed by atoms with van der Waals surface area (Å²) in [6, 6.07) is 11.7. The number of nitrogens with one attached hydrogen (secondary N) is 2. The summed E-state index contributed by atoms with van der Waals surface area (Å²) in [6.07, 6.45) is 4.24. The van der Waals surface area contributed by atoms with E-state index in [1.807, 2.05) is 70.3 Å². The molecule has 2 N–H and O–H groups in total. The van der Waals surface area contributed by atoms with Crippen molar-refractivity contribution in [2.24, 2.45) is 0 Å². The van der Waals surface area contributed by atoms with Crippen LogP contribution in [0, 0.1) is 0 Å². The number of hydrogen-bond donors (Lipinski definition) is 2. The minimum absolute atomic E-state index is 0.212. The molecule has 0 unspecified atom stereocenters. The molecule has 2 aliphatic rings. The third kappa shape index (κ3) is 4.97. The summed E-state index contributed by atoms with van der Waals surface area (Å²) in [6.45, 7) is 9.38. The van der Waals surface area contributed by atoms with E-state index < -0.39 is 24.4 Å². The van der Waals surface area contributed by atoms with Gasteiger partial charge in [-0.2, -0.15) is 0 Å². The largest absolute Gasteiger partial charge is 0.492 e. The predicted octanol–water partition coefficient (Wildman–Crippen LogP) is 3.99. The first-order valence-corrected chi connectivity index (χ1v) is 11.0. The molecule has 0 spiro atoms. The first kappa shape index (κ1) is 22.4. The number of carbonyl (C=O) groups is 1. The quantitative estimate of drug-likeness (QED) is 0.668. The number of benzene rings is 1. The standard InChI is InChI=1S/C24H30BN3O4/c1-23(2)24(3,4)32-25(31-23)20(13-18-12-19-10-11-26-21(19)27-14-18)15-28-22(29)30-16-17-8-6-5-7-9-17/h5-9,12-14H,10-11,15-16H2,1-4H3,(H,26,27)(H,28,29). The maximum Gasteiger partial charge on any atom is 0.492 e. The van der Waals surface area contributed by atoms with Gasteiger partial charge in [0, 0.05) is 19.3 Å². The van der Waals surface area contributed by atoms with Crippen LogP contribution in [0.3, 0.4) is 0 Å². The number of alkyl carbamates (subject to hydrolysis) is 1. The Morgan fingerprint density at radius 3 is 2.66 bits per heavy atom. The molecule has 2 aromatic rings. The third-order valence-corrected chi connectivity index (χ3v) is 6.23. The normalized spacial score (nSPS) is 18.8. The maximum atomic E-state index is 12.3. The number of rotatable bonds is 6. The predicted molar refractivity (Wildman–Crippen MR) is 125 cm³/mol. The highest BCUT2D eigenvalue weighted by molar-refractivity contribution is 6.56. The smallest absolute Gasteiger partial charge is 0.445 e. The Bertz CT molecular complexity index is 992. The molecule has 1 saturated heterocycles. The lowest BCUT2D eigenvalue weighted by atomic mass is 9.77. The molecule has 7 nitrogen and oxygen atoms in total. The number of hydrogen-bond acceptors (Lipinski definition) is 6. The average Bonchev–Trinajstić information content (AvgIpc) is 3.31. The zero-order chi connectivity index (χ0) is 22.8. The maximum absolute atomic E-state index is 12.3. The van der Waals surface area contributed by atoms with Crippen LogP contribution >= 0.6 is 0 Å². The molecule has 0 bridgehead atoms. The van der Waals surface area contributed by atoms with Crippen molar-refractivity contribution >= 4 is 25.1 Å². The van der Waals surface area contributed by atoms with Crippen molar-refractivity contribution in [2.45, 2.75) is 51.9 Å². The summed E-state index contributed by atoms with van der Waals surface area (Å²) in [5, 5.41) is 6.11. The highest BCUT2D eigenvalue weighted by Gasteiger charge is 2.52. The number of ether oxygens (including phenoxy) is 1. The van der Waals surface area contributed by atoms with Gasteiger partial charge in [-0.25, -0.2) is 9.78 Å². The van der Waals surface area contributed by atoms with Crippen LogP contribution in [-0.2, 0) is 27.1 Å². The highest BCUT2D eigenvalue weighted by atomic mass is 16.7. The van der Waals surface area contributed by atoms with Gasteiger partial charge in [-0.3, -0.25) is 0 Å². The summed E-state index contributed by atoms with van der Waals surface area (Å²) in [5.41, 5.74) is 2.89. The van der Waals surface area contributed by atoms with Crippen LogP contribution in [0.1, 0.15) is 44.4 Å². The van der Waals surface area contributed by atoms with Crippen molar-refractivity contribution in [1.82, 2.24) is 10.3 Å². The summed E-state index contributed by atoms with van der Waals surface area (Å²) in [5.74, 6) is 0.932. The second-order valence-corrected chi connectivity index (χ2v) is 9.18. The molecule has 2 aliphatic heterocycles. The van der Waals surface area contributed by atoms with E-state index in [1.54, 1.807) is 0 Å². The lowest BCUT2D eigenvalue weighted by molar-refractivity contribution is 0.00578. The Kier molecular flexibility index (Phi) is 6.26. The van der Waals surface area contributed by atoms with Gasteiger partial charge >= 0.3 is 13.2 Å². The Morgan fingerprint density at radius 1 is 1.22 bits per heavy atom. The molecule has 1 aromatic carbocycles. The highest BCUT2D eigenvalue weighted by Crippen LogP contribution is 2.38. The van der Waals surface area contributed by atoms with E-state index in [0.29, 0.717) is 0 Å². The minimum atomic E-state index is -0.583. The SMILES string of the molecule is CC1(C)OB(C(=Cc2cnc3c(c2)CCN3)CNC(=O)OCc2ccccc2)OC1(C)C. The number of anilines is 1. The van der Waals surface area contributed by atoms with Gasteiger partial charge in [0.1, 0.15) is 12.4 Å². The van der Waals surface area contributed by atoms with E-state index in [-0.39, 0.29) is 13.2 Å². The molecular weight excluding hydrogens is 405 g/mol. The third-order valence-electron chi connectivity index (χ3n) is 6.23. The van der Waals surface area contributed by atoms with E-state index in [2.05, 4.69) is 21.7 Å². The number of nitrogens with zero attached hydrogens (tertiary/aromatic N) is 1. The van der Waals surface area contributed by atoms with Crippen LogP contribution in [0.5, 0.6) is 0 Å². The van der Waals surface area contributed by atoms with E-state index in [1.165, 1.54) is 5.56 Å². The van der Waals surface area contributed by atoms with Gasteiger partial charge < -0.3 is 24.7 Å². The molecule has 1 aromatic heterocycles. The van der Waals surface area contributed by atoms with Crippen molar-refractivity contribution in [3.8, 4) is 0 Å². The molecule has 1 amide bonds. The van der Waals surface area contributed by atoms with Gasteiger partial charge in [-0.15, -0.1) is 0 Å². The number of pyridine rings is 1. The van der Waals surface area contributed by atoms with Crippen molar-refractivity contribution in [3.05, 3.63) is 64.8 Å². The minimum Gasteiger partial charge on any atom is -0.445 e. The van der Waals surface area contributed by atoms with Crippen LogP contribution in [0.15, 0.2) is 48.1 Å². The van der Waals surface area contributed by atoms with E-state index in [0.717, 1.165) is 35.4 Å². The second-order valence-electron chi connectivity index (χ2n) is 9.18. The number of amides is 1. The Labute approximate surface area is 189 Å². The van der Waals surface area contributed by atoms with Crippen LogP contribution in [0.25, 0.3) is 6.08 Å². The molecule has 4 rings (SSSR count). The zero-order valence-electron chi connectivity index (χ0n) is 19.1. The molecule has 0 saturated carbocycles. The van der Waals surface area contributed by atoms with Gasteiger partial charge in [-0.05, 0) is 62.3 Å². The van der Waals surface area contributed by atoms with E-state index in [9.17, 15) is 4.79 Å². The van der Waals surface area contributed by atoms with Gasteiger partial charge in [0.05, 0.1) is 11.2 Å². The van der Waals surface area contributed by atoms with Gasteiger partial charge in [-0.1, -0.05) is 36.4 Å². The zero-order valence-corrected chi connectivity index (χ0v) is 19.1. The topological polar surface area (TPSA) is 81.7 Å². The lowest BCUT2D eigenvalue weighted by Gasteiger charge is -2.32.